The van der Waals surface area contributed by atoms with E-state index in [0.29, 0.717) is 18.2 Å². The van der Waals surface area contributed by atoms with Crippen LogP contribution in [0.5, 0.6) is 0 Å². The quantitative estimate of drug-likeness (QED) is 0.502. The number of nitrogens with zero attached hydrogens (tertiary/aromatic N) is 3. The van der Waals surface area contributed by atoms with E-state index in [1.807, 2.05) is 25.6 Å². The van der Waals surface area contributed by atoms with Crippen molar-refractivity contribution in [2.75, 3.05) is 18.4 Å². The summed E-state index contributed by atoms with van der Waals surface area (Å²) in [7, 11) is 1.94. The summed E-state index contributed by atoms with van der Waals surface area (Å²) in [5.74, 6) is -0.149. The number of aryl methyl sites for hydroxylation is 2. The second-order valence-corrected chi connectivity index (χ2v) is 6.78. The molecule has 152 valence electrons. The van der Waals surface area contributed by atoms with Crippen LogP contribution in [0.4, 0.5) is 10.1 Å². The van der Waals surface area contributed by atoms with Crippen molar-refractivity contribution in [2.45, 2.75) is 40.2 Å². The highest BCUT2D eigenvalue weighted by molar-refractivity contribution is 5.94. The summed E-state index contributed by atoms with van der Waals surface area (Å²) >= 11 is 0. The molecule has 2 rings (SSSR count). The van der Waals surface area contributed by atoms with Crippen molar-refractivity contribution in [3.05, 3.63) is 47.0 Å². The number of carbonyl (C=O) groups is 1. The van der Waals surface area contributed by atoms with Crippen LogP contribution in [0.2, 0.25) is 0 Å². The van der Waals surface area contributed by atoms with Gasteiger partial charge in [0.25, 0.3) is 0 Å². The summed E-state index contributed by atoms with van der Waals surface area (Å²) < 4.78 is 15.1. The Bertz CT molecular complexity index is 845. The van der Waals surface area contributed by atoms with Crippen molar-refractivity contribution >= 4 is 17.6 Å². The predicted molar refractivity (Wildman–Crippen MR) is 110 cm³/mol. The molecule has 3 N–H and O–H groups in total. The van der Waals surface area contributed by atoms with Crippen molar-refractivity contribution in [2.24, 2.45) is 12.0 Å². The average Bonchev–Trinajstić information content (AvgIpc) is 2.86. The highest BCUT2D eigenvalue weighted by Gasteiger charge is 2.14. The molecule has 0 radical (unpaired) electrons. The van der Waals surface area contributed by atoms with E-state index in [-0.39, 0.29) is 18.5 Å². The van der Waals surface area contributed by atoms with Crippen molar-refractivity contribution in [3.63, 3.8) is 0 Å². The summed E-state index contributed by atoms with van der Waals surface area (Å²) in [6.45, 7) is 8.69. The second kappa shape index (κ2) is 9.87. The lowest BCUT2D eigenvalue weighted by atomic mass is 10.1. The lowest BCUT2D eigenvalue weighted by molar-refractivity contribution is -0.114. The Kier molecular flexibility index (Phi) is 7.54. The van der Waals surface area contributed by atoms with Gasteiger partial charge in [0.05, 0.1) is 5.69 Å². The van der Waals surface area contributed by atoms with Gasteiger partial charge in [0, 0.05) is 31.0 Å². The van der Waals surface area contributed by atoms with Crippen molar-refractivity contribution in [1.29, 1.82) is 0 Å². The van der Waals surface area contributed by atoms with Crippen LogP contribution in [0.15, 0.2) is 29.3 Å². The molecule has 0 aliphatic carbocycles. The number of hydrogen-bond donors (Lipinski definition) is 3. The molecule has 0 saturated heterocycles. The van der Waals surface area contributed by atoms with E-state index >= 15 is 0 Å². The number of nitrogens with one attached hydrogen (secondary N) is 3. The zero-order chi connectivity index (χ0) is 20.7. The van der Waals surface area contributed by atoms with Crippen LogP contribution in [0.1, 0.15) is 30.8 Å². The molecule has 1 aromatic heterocycles. The molecular weight excluding hydrogens is 359 g/mol. The van der Waals surface area contributed by atoms with Gasteiger partial charge in [0.2, 0.25) is 5.91 Å². The standard InChI is InChI=1S/C20H29FN6O/c1-6-22-20(23-12-19(28)25-17-9-7-8-16(21)11-17)24-13(2)10-18-14(3)26-27(5)15(18)4/h7-9,11,13H,6,10,12H2,1-5H3,(H,25,28)(H2,22,23,24). The number of rotatable bonds is 7. The first-order valence-corrected chi connectivity index (χ1v) is 9.39. The molecule has 0 aliphatic rings. The van der Waals surface area contributed by atoms with E-state index in [2.05, 4.69) is 39.9 Å². The third kappa shape index (κ3) is 6.07. The minimum Gasteiger partial charge on any atom is -0.357 e. The van der Waals surface area contributed by atoms with Gasteiger partial charge < -0.3 is 16.0 Å². The Balaban J connectivity index is 1.96. The van der Waals surface area contributed by atoms with Crippen molar-refractivity contribution < 1.29 is 9.18 Å². The molecule has 8 heteroatoms. The second-order valence-electron chi connectivity index (χ2n) is 6.78. The van der Waals surface area contributed by atoms with Gasteiger partial charge in [-0.15, -0.1) is 0 Å². The molecule has 7 nitrogen and oxygen atoms in total. The van der Waals surface area contributed by atoms with Gasteiger partial charge in [-0.2, -0.15) is 5.10 Å². The number of anilines is 1. The van der Waals surface area contributed by atoms with Gasteiger partial charge in [-0.3, -0.25) is 9.48 Å². The van der Waals surface area contributed by atoms with Gasteiger partial charge in [0.1, 0.15) is 12.4 Å². The number of benzene rings is 1. The number of hydrogen-bond acceptors (Lipinski definition) is 3. The Hall–Kier alpha value is -2.90. The Morgan fingerprint density at radius 2 is 2.11 bits per heavy atom. The fourth-order valence-corrected chi connectivity index (χ4v) is 2.94. The van der Waals surface area contributed by atoms with E-state index in [9.17, 15) is 9.18 Å². The first-order chi connectivity index (χ1) is 13.3. The van der Waals surface area contributed by atoms with Crippen LogP contribution in [-0.4, -0.2) is 40.8 Å². The first-order valence-electron chi connectivity index (χ1n) is 9.39. The van der Waals surface area contributed by atoms with E-state index in [1.54, 1.807) is 12.1 Å². The zero-order valence-corrected chi connectivity index (χ0v) is 17.1. The highest BCUT2D eigenvalue weighted by Crippen LogP contribution is 2.14. The van der Waals surface area contributed by atoms with E-state index < -0.39 is 5.82 Å². The number of halogens is 1. The minimum atomic E-state index is -0.397. The maximum atomic E-state index is 13.2. The lowest BCUT2D eigenvalue weighted by Crippen LogP contribution is -2.43. The van der Waals surface area contributed by atoms with Crippen LogP contribution in [0.25, 0.3) is 0 Å². The maximum absolute atomic E-state index is 13.2. The minimum absolute atomic E-state index is 0.0660. The van der Waals surface area contributed by atoms with Gasteiger partial charge in [-0.1, -0.05) is 6.07 Å². The molecule has 1 atom stereocenters. The third-order valence-corrected chi connectivity index (χ3v) is 4.39. The molecule has 2 aromatic rings. The summed E-state index contributed by atoms with van der Waals surface area (Å²) in [5, 5.41) is 13.5. The SMILES string of the molecule is CCNC(=NCC(=O)Nc1cccc(F)c1)NC(C)Cc1c(C)nn(C)c1C. The topological polar surface area (TPSA) is 83.3 Å². The fourth-order valence-electron chi connectivity index (χ4n) is 2.94. The molecular formula is C20H29FN6O. The third-order valence-electron chi connectivity index (χ3n) is 4.39. The summed E-state index contributed by atoms with van der Waals surface area (Å²) in [6.07, 6.45) is 0.797. The Labute approximate surface area is 165 Å². The molecule has 28 heavy (non-hydrogen) atoms. The summed E-state index contributed by atoms with van der Waals surface area (Å²) in [4.78, 5) is 16.4. The molecule has 0 aliphatic heterocycles. The first kappa shape index (κ1) is 21.4. The van der Waals surface area contributed by atoms with Gasteiger partial charge >= 0.3 is 0 Å². The van der Waals surface area contributed by atoms with Gasteiger partial charge in [-0.05, 0) is 57.9 Å². The van der Waals surface area contributed by atoms with Gasteiger partial charge in [-0.25, -0.2) is 9.38 Å². The number of carbonyl (C=O) groups excluding carboxylic acids is 1. The van der Waals surface area contributed by atoms with E-state index in [1.165, 1.54) is 17.7 Å². The van der Waals surface area contributed by atoms with Crippen LogP contribution >= 0.6 is 0 Å². The number of guanidine groups is 1. The lowest BCUT2D eigenvalue weighted by Gasteiger charge is -2.18. The number of aliphatic imine (C=N–C) groups is 1. The van der Waals surface area contributed by atoms with Gasteiger partial charge in [0.15, 0.2) is 5.96 Å². The molecule has 1 aromatic carbocycles. The summed E-state index contributed by atoms with van der Waals surface area (Å²) in [5.41, 5.74) is 3.78. The van der Waals surface area contributed by atoms with Crippen LogP contribution in [0.3, 0.4) is 0 Å². The normalized spacial score (nSPS) is 12.6. The molecule has 0 bridgehead atoms. The summed E-state index contributed by atoms with van der Waals surface area (Å²) in [6, 6.07) is 5.88. The molecule has 0 fully saturated rings. The van der Waals surface area contributed by atoms with E-state index in [0.717, 1.165) is 17.8 Å². The monoisotopic (exact) mass is 388 g/mol. The maximum Gasteiger partial charge on any atom is 0.246 e. The molecule has 0 spiro atoms. The zero-order valence-electron chi connectivity index (χ0n) is 17.1. The molecule has 0 saturated carbocycles. The smallest absolute Gasteiger partial charge is 0.246 e. The number of aromatic nitrogens is 2. The number of amides is 1. The Morgan fingerprint density at radius 3 is 2.71 bits per heavy atom. The molecule has 1 heterocycles. The average molecular weight is 388 g/mol. The Morgan fingerprint density at radius 1 is 1.36 bits per heavy atom. The largest absolute Gasteiger partial charge is 0.357 e. The van der Waals surface area contributed by atoms with Crippen molar-refractivity contribution in [3.8, 4) is 0 Å². The van der Waals surface area contributed by atoms with Crippen LogP contribution < -0.4 is 16.0 Å². The molecule has 1 amide bonds. The van der Waals surface area contributed by atoms with Crippen LogP contribution in [-0.2, 0) is 18.3 Å². The fraction of sp³-hybridized carbons (Fsp3) is 0.450. The van der Waals surface area contributed by atoms with Crippen molar-refractivity contribution in [1.82, 2.24) is 20.4 Å². The van der Waals surface area contributed by atoms with Crippen LogP contribution in [0, 0.1) is 19.7 Å². The highest BCUT2D eigenvalue weighted by atomic mass is 19.1. The molecule has 1 unspecified atom stereocenters. The van der Waals surface area contributed by atoms with E-state index in [4.69, 9.17) is 0 Å². The predicted octanol–water partition coefficient (Wildman–Crippen LogP) is 2.30.